The molecule has 0 saturated heterocycles. The molecule has 0 bridgehead atoms. The van der Waals surface area contributed by atoms with Crippen molar-refractivity contribution in [3.63, 3.8) is 0 Å². The standard InChI is InChI=1S/C11H10N2O3S2/c12-8-10-3-4-11(17-10)18(14,15)13-6-5-9-2-1-7-16-9/h1-4,7,13H,5-6H2. The summed E-state index contributed by atoms with van der Waals surface area (Å²) in [7, 11) is -3.53. The normalized spacial score (nSPS) is 11.3. The zero-order chi connectivity index (χ0) is 13.0. The number of sulfonamides is 1. The van der Waals surface area contributed by atoms with Gasteiger partial charge in [0.15, 0.2) is 0 Å². The first-order chi connectivity index (χ1) is 8.62. The molecular weight excluding hydrogens is 272 g/mol. The number of rotatable bonds is 5. The lowest BCUT2D eigenvalue weighted by atomic mass is 10.3. The first kappa shape index (κ1) is 12.8. The Kier molecular flexibility index (Phi) is 3.81. The maximum Gasteiger partial charge on any atom is 0.250 e. The largest absolute Gasteiger partial charge is 0.469 e. The number of hydrogen-bond donors (Lipinski definition) is 1. The Balaban J connectivity index is 1.97. The van der Waals surface area contributed by atoms with Gasteiger partial charge < -0.3 is 4.42 Å². The van der Waals surface area contributed by atoms with Gasteiger partial charge in [0.05, 0.1) is 6.26 Å². The average molecular weight is 282 g/mol. The molecule has 94 valence electrons. The molecule has 0 radical (unpaired) electrons. The van der Waals surface area contributed by atoms with Crippen molar-refractivity contribution in [2.24, 2.45) is 0 Å². The maximum absolute atomic E-state index is 11.8. The molecule has 0 fully saturated rings. The summed E-state index contributed by atoms with van der Waals surface area (Å²) in [5, 5.41) is 8.65. The van der Waals surface area contributed by atoms with E-state index in [0.717, 1.165) is 17.1 Å². The second kappa shape index (κ2) is 5.35. The molecule has 0 aliphatic rings. The van der Waals surface area contributed by atoms with E-state index < -0.39 is 10.0 Å². The Bertz CT molecular complexity index is 651. The number of nitrogens with one attached hydrogen (secondary N) is 1. The molecule has 2 aromatic heterocycles. The summed E-state index contributed by atoms with van der Waals surface area (Å²) in [5.41, 5.74) is 0. The highest BCUT2D eigenvalue weighted by Gasteiger charge is 2.16. The minimum absolute atomic E-state index is 0.151. The Morgan fingerprint density at radius 3 is 2.83 bits per heavy atom. The molecule has 0 aliphatic heterocycles. The molecule has 1 N–H and O–H groups in total. The smallest absolute Gasteiger partial charge is 0.250 e. The van der Waals surface area contributed by atoms with E-state index >= 15 is 0 Å². The van der Waals surface area contributed by atoms with Crippen LogP contribution in [0.15, 0.2) is 39.2 Å². The van der Waals surface area contributed by atoms with Crippen LogP contribution in [0.1, 0.15) is 10.6 Å². The van der Waals surface area contributed by atoms with Crippen molar-refractivity contribution >= 4 is 21.4 Å². The zero-order valence-corrected chi connectivity index (χ0v) is 10.9. The average Bonchev–Trinajstić information content (AvgIpc) is 2.99. The summed E-state index contributed by atoms with van der Waals surface area (Å²) in [5.74, 6) is 0.724. The van der Waals surface area contributed by atoms with Crippen LogP contribution in [0.25, 0.3) is 0 Å². The van der Waals surface area contributed by atoms with Gasteiger partial charge in [-0.05, 0) is 24.3 Å². The maximum atomic E-state index is 11.8. The molecule has 0 saturated carbocycles. The predicted octanol–water partition coefficient (Wildman–Crippen LogP) is 1.73. The summed E-state index contributed by atoms with van der Waals surface area (Å²) >= 11 is 0.953. The third-order valence-corrected chi connectivity index (χ3v) is 5.14. The zero-order valence-electron chi connectivity index (χ0n) is 9.29. The van der Waals surface area contributed by atoms with Gasteiger partial charge in [-0.1, -0.05) is 0 Å². The minimum atomic E-state index is -3.53. The van der Waals surface area contributed by atoms with Crippen molar-refractivity contribution < 1.29 is 12.8 Å². The second-order valence-electron chi connectivity index (χ2n) is 3.46. The van der Waals surface area contributed by atoms with Gasteiger partial charge in [-0.15, -0.1) is 11.3 Å². The van der Waals surface area contributed by atoms with Crippen LogP contribution in [0.4, 0.5) is 0 Å². The van der Waals surface area contributed by atoms with Crippen molar-refractivity contribution in [3.05, 3.63) is 41.2 Å². The lowest BCUT2D eigenvalue weighted by Crippen LogP contribution is -2.25. The third kappa shape index (κ3) is 2.98. The van der Waals surface area contributed by atoms with Crippen LogP contribution in [-0.4, -0.2) is 15.0 Å². The Hall–Kier alpha value is -1.62. The van der Waals surface area contributed by atoms with Gasteiger partial charge in [0.25, 0.3) is 0 Å². The quantitative estimate of drug-likeness (QED) is 0.905. The van der Waals surface area contributed by atoms with Crippen LogP contribution in [0, 0.1) is 11.3 Å². The van der Waals surface area contributed by atoms with Crippen molar-refractivity contribution in [2.45, 2.75) is 10.6 Å². The Labute approximate surface area is 109 Å². The van der Waals surface area contributed by atoms with Crippen LogP contribution >= 0.6 is 11.3 Å². The van der Waals surface area contributed by atoms with E-state index in [9.17, 15) is 8.42 Å². The van der Waals surface area contributed by atoms with Crippen LogP contribution in [0.2, 0.25) is 0 Å². The molecular formula is C11H10N2O3S2. The lowest BCUT2D eigenvalue weighted by Gasteiger charge is -2.02. The van der Waals surface area contributed by atoms with Crippen LogP contribution in [0.3, 0.4) is 0 Å². The summed E-state index contributed by atoms with van der Waals surface area (Å²) in [6.45, 7) is 0.260. The van der Waals surface area contributed by atoms with Gasteiger partial charge >= 0.3 is 0 Å². The van der Waals surface area contributed by atoms with Gasteiger partial charge in [0, 0.05) is 13.0 Å². The number of thiophene rings is 1. The summed E-state index contributed by atoms with van der Waals surface area (Å²) in [4.78, 5) is 0.376. The SMILES string of the molecule is N#Cc1ccc(S(=O)(=O)NCCc2ccco2)s1. The lowest BCUT2D eigenvalue weighted by molar-refractivity contribution is 0.506. The van der Waals surface area contributed by atoms with E-state index in [0.29, 0.717) is 11.3 Å². The van der Waals surface area contributed by atoms with Gasteiger partial charge in [0.1, 0.15) is 20.9 Å². The van der Waals surface area contributed by atoms with Gasteiger partial charge in [-0.3, -0.25) is 0 Å². The van der Waals surface area contributed by atoms with Crippen LogP contribution < -0.4 is 4.72 Å². The fraction of sp³-hybridized carbons (Fsp3) is 0.182. The van der Waals surface area contributed by atoms with Crippen molar-refractivity contribution in [3.8, 4) is 6.07 Å². The minimum Gasteiger partial charge on any atom is -0.469 e. The molecule has 0 spiro atoms. The monoisotopic (exact) mass is 282 g/mol. The molecule has 5 nitrogen and oxygen atoms in total. The van der Waals surface area contributed by atoms with E-state index in [1.54, 1.807) is 18.4 Å². The van der Waals surface area contributed by atoms with Crippen molar-refractivity contribution in [1.29, 1.82) is 5.26 Å². The topological polar surface area (TPSA) is 83.1 Å². The van der Waals surface area contributed by atoms with Crippen LogP contribution in [0.5, 0.6) is 0 Å². The summed E-state index contributed by atoms with van der Waals surface area (Å²) < 4.78 is 31.4. The molecule has 0 atom stereocenters. The molecule has 18 heavy (non-hydrogen) atoms. The van der Waals surface area contributed by atoms with E-state index in [4.69, 9.17) is 9.68 Å². The van der Waals surface area contributed by atoms with Crippen molar-refractivity contribution in [2.75, 3.05) is 6.54 Å². The second-order valence-corrected chi connectivity index (χ2v) is 6.54. The molecule has 2 rings (SSSR count). The molecule has 0 amide bonds. The number of furan rings is 1. The summed E-state index contributed by atoms with van der Waals surface area (Å²) in [6.07, 6.45) is 2.03. The number of nitriles is 1. The highest BCUT2D eigenvalue weighted by Crippen LogP contribution is 2.20. The van der Waals surface area contributed by atoms with Gasteiger partial charge in [-0.2, -0.15) is 5.26 Å². The fourth-order valence-electron chi connectivity index (χ4n) is 1.36. The van der Waals surface area contributed by atoms with E-state index in [-0.39, 0.29) is 10.8 Å². The van der Waals surface area contributed by atoms with Crippen LogP contribution in [-0.2, 0) is 16.4 Å². The molecule has 0 unspecified atom stereocenters. The molecule has 2 heterocycles. The van der Waals surface area contributed by atoms with E-state index in [1.807, 2.05) is 6.07 Å². The Morgan fingerprint density at radius 1 is 1.39 bits per heavy atom. The third-order valence-electron chi connectivity index (χ3n) is 2.20. The number of nitrogens with zero attached hydrogens (tertiary/aromatic N) is 1. The highest BCUT2D eigenvalue weighted by molar-refractivity contribution is 7.91. The molecule has 0 aromatic carbocycles. The molecule has 2 aromatic rings. The fourth-order valence-corrected chi connectivity index (χ4v) is 3.54. The molecule has 7 heteroatoms. The van der Waals surface area contributed by atoms with Gasteiger partial charge in [0.2, 0.25) is 10.0 Å². The number of hydrogen-bond acceptors (Lipinski definition) is 5. The summed E-state index contributed by atoms with van der Waals surface area (Å²) in [6, 6.07) is 8.37. The van der Waals surface area contributed by atoms with Crippen molar-refractivity contribution in [1.82, 2.24) is 4.72 Å². The Morgan fingerprint density at radius 2 is 2.22 bits per heavy atom. The first-order valence-electron chi connectivity index (χ1n) is 5.14. The first-order valence-corrected chi connectivity index (χ1v) is 7.44. The molecule has 0 aliphatic carbocycles. The van der Waals surface area contributed by atoms with E-state index in [2.05, 4.69) is 4.72 Å². The predicted molar refractivity (Wildman–Crippen MR) is 66.6 cm³/mol. The highest BCUT2D eigenvalue weighted by atomic mass is 32.2. The van der Waals surface area contributed by atoms with E-state index in [1.165, 1.54) is 12.1 Å². The van der Waals surface area contributed by atoms with Gasteiger partial charge in [-0.25, -0.2) is 13.1 Å².